The summed E-state index contributed by atoms with van der Waals surface area (Å²) in [7, 11) is 0. The molecule has 0 radical (unpaired) electrons. The maximum Gasteiger partial charge on any atom is 0.411 e. The molecule has 1 aliphatic heterocycles. The Morgan fingerprint density at radius 2 is 1.85 bits per heavy atom. The van der Waals surface area contributed by atoms with Gasteiger partial charge in [0.05, 0.1) is 12.6 Å². The molecule has 0 aromatic heterocycles. The van der Waals surface area contributed by atoms with Crippen LogP contribution in [0.15, 0.2) is 42.5 Å². The third-order valence-corrected chi connectivity index (χ3v) is 3.91. The summed E-state index contributed by atoms with van der Waals surface area (Å²) in [6, 6.07) is 12.0. The molecule has 136 valence electrons. The molecule has 0 saturated carbocycles. The summed E-state index contributed by atoms with van der Waals surface area (Å²) < 4.78 is 15.5. The number of rotatable bonds is 5. The van der Waals surface area contributed by atoms with Crippen LogP contribution < -0.4 is 20.1 Å². The van der Waals surface area contributed by atoms with Crippen LogP contribution in [0.1, 0.15) is 35.8 Å². The summed E-state index contributed by atoms with van der Waals surface area (Å²) in [4.78, 5) is 23.8. The Morgan fingerprint density at radius 3 is 2.58 bits per heavy atom. The van der Waals surface area contributed by atoms with E-state index in [1.54, 1.807) is 31.2 Å². The standard InChI is InChI=1S/C19H20N2O5/c1-3-24-19(23)21-15-7-4-13(5-8-15)18(22)20-12(2)14-6-9-16-17(10-14)26-11-25-16/h4-10,12H,3,11H2,1-2H3,(H,20,22)(H,21,23)/t12-/m1/s1. The number of fused-ring (bicyclic) bond motifs is 1. The average molecular weight is 356 g/mol. The van der Waals surface area contributed by atoms with Gasteiger partial charge in [-0.3, -0.25) is 10.1 Å². The largest absolute Gasteiger partial charge is 0.454 e. The zero-order chi connectivity index (χ0) is 18.5. The van der Waals surface area contributed by atoms with E-state index in [0.717, 1.165) is 5.56 Å². The second kappa shape index (κ2) is 7.77. The first-order valence-corrected chi connectivity index (χ1v) is 8.31. The van der Waals surface area contributed by atoms with E-state index in [9.17, 15) is 9.59 Å². The van der Waals surface area contributed by atoms with Gasteiger partial charge < -0.3 is 19.5 Å². The van der Waals surface area contributed by atoms with Crippen LogP contribution in [0.2, 0.25) is 0 Å². The zero-order valence-electron chi connectivity index (χ0n) is 14.6. The maximum atomic E-state index is 12.4. The normalized spacial score (nSPS) is 13.0. The predicted molar refractivity (Wildman–Crippen MR) is 95.5 cm³/mol. The van der Waals surface area contributed by atoms with Gasteiger partial charge in [0, 0.05) is 11.3 Å². The molecule has 0 unspecified atom stereocenters. The van der Waals surface area contributed by atoms with Crippen molar-refractivity contribution in [1.29, 1.82) is 0 Å². The molecule has 0 saturated heterocycles. The van der Waals surface area contributed by atoms with Crippen LogP contribution in [-0.4, -0.2) is 25.4 Å². The summed E-state index contributed by atoms with van der Waals surface area (Å²) in [6.45, 7) is 4.14. The number of anilines is 1. The number of nitrogens with one attached hydrogen (secondary N) is 2. The lowest BCUT2D eigenvalue weighted by molar-refractivity contribution is 0.0939. The van der Waals surface area contributed by atoms with Crippen molar-refractivity contribution in [2.75, 3.05) is 18.7 Å². The summed E-state index contributed by atoms with van der Waals surface area (Å²) in [5.41, 5.74) is 1.97. The number of benzene rings is 2. The second-order valence-electron chi connectivity index (χ2n) is 5.73. The van der Waals surface area contributed by atoms with Crippen LogP contribution in [-0.2, 0) is 4.74 Å². The van der Waals surface area contributed by atoms with Crippen LogP contribution in [0, 0.1) is 0 Å². The van der Waals surface area contributed by atoms with Gasteiger partial charge in [0.2, 0.25) is 6.79 Å². The SMILES string of the molecule is CCOC(=O)Nc1ccc(C(=O)N[C@H](C)c2ccc3c(c2)OCO3)cc1. The molecule has 7 nitrogen and oxygen atoms in total. The van der Waals surface area contributed by atoms with Gasteiger partial charge in [0.1, 0.15) is 0 Å². The summed E-state index contributed by atoms with van der Waals surface area (Å²) in [6.07, 6.45) is -0.527. The highest BCUT2D eigenvalue weighted by Crippen LogP contribution is 2.34. The molecule has 2 amide bonds. The van der Waals surface area contributed by atoms with Gasteiger partial charge in [-0.05, 0) is 55.8 Å². The lowest BCUT2D eigenvalue weighted by atomic mass is 10.1. The third-order valence-electron chi connectivity index (χ3n) is 3.91. The van der Waals surface area contributed by atoms with Crippen molar-refractivity contribution in [3.05, 3.63) is 53.6 Å². The Bertz CT molecular complexity index is 804. The number of carbonyl (C=O) groups excluding carboxylic acids is 2. The highest BCUT2D eigenvalue weighted by atomic mass is 16.7. The van der Waals surface area contributed by atoms with Crippen molar-refractivity contribution < 1.29 is 23.8 Å². The van der Waals surface area contributed by atoms with Crippen molar-refractivity contribution in [2.24, 2.45) is 0 Å². The molecule has 0 aliphatic carbocycles. The smallest absolute Gasteiger partial charge is 0.411 e. The fourth-order valence-corrected chi connectivity index (χ4v) is 2.54. The van der Waals surface area contributed by atoms with E-state index in [0.29, 0.717) is 29.4 Å². The molecule has 0 bridgehead atoms. The fourth-order valence-electron chi connectivity index (χ4n) is 2.54. The fraction of sp³-hybridized carbons (Fsp3) is 0.263. The van der Waals surface area contributed by atoms with E-state index in [1.165, 1.54) is 0 Å². The summed E-state index contributed by atoms with van der Waals surface area (Å²) in [5.74, 6) is 1.17. The molecule has 7 heteroatoms. The Morgan fingerprint density at radius 1 is 1.12 bits per heavy atom. The number of ether oxygens (including phenoxy) is 3. The van der Waals surface area contributed by atoms with Crippen LogP contribution in [0.5, 0.6) is 11.5 Å². The molecule has 1 aliphatic rings. The predicted octanol–water partition coefficient (Wildman–Crippen LogP) is 3.47. The van der Waals surface area contributed by atoms with Gasteiger partial charge in [0.15, 0.2) is 11.5 Å². The van der Waals surface area contributed by atoms with E-state index >= 15 is 0 Å². The average Bonchev–Trinajstić information content (AvgIpc) is 3.10. The molecule has 1 heterocycles. The summed E-state index contributed by atoms with van der Waals surface area (Å²) in [5, 5.41) is 5.52. The highest BCUT2D eigenvalue weighted by Gasteiger charge is 2.17. The Balaban J connectivity index is 1.61. The van der Waals surface area contributed by atoms with Crippen LogP contribution in [0.4, 0.5) is 10.5 Å². The molecule has 3 rings (SSSR count). The van der Waals surface area contributed by atoms with Gasteiger partial charge >= 0.3 is 6.09 Å². The summed E-state index contributed by atoms with van der Waals surface area (Å²) >= 11 is 0. The van der Waals surface area contributed by atoms with E-state index < -0.39 is 6.09 Å². The monoisotopic (exact) mass is 356 g/mol. The number of carbonyl (C=O) groups is 2. The minimum absolute atomic E-state index is 0.200. The molecule has 0 fully saturated rings. The van der Waals surface area contributed by atoms with Crippen molar-refractivity contribution in [3.8, 4) is 11.5 Å². The van der Waals surface area contributed by atoms with Gasteiger partial charge in [-0.2, -0.15) is 0 Å². The first-order chi connectivity index (χ1) is 12.6. The van der Waals surface area contributed by atoms with Crippen LogP contribution in [0.25, 0.3) is 0 Å². The molecule has 2 aromatic carbocycles. The molecule has 0 spiro atoms. The van der Waals surface area contributed by atoms with Crippen molar-refractivity contribution >= 4 is 17.7 Å². The third kappa shape index (κ3) is 4.05. The van der Waals surface area contributed by atoms with Gasteiger partial charge in [0.25, 0.3) is 5.91 Å². The number of amides is 2. The van der Waals surface area contributed by atoms with Crippen molar-refractivity contribution in [1.82, 2.24) is 5.32 Å². The first-order valence-electron chi connectivity index (χ1n) is 8.31. The topological polar surface area (TPSA) is 85.9 Å². The molecular formula is C19H20N2O5. The van der Waals surface area contributed by atoms with E-state index in [1.807, 2.05) is 25.1 Å². The minimum Gasteiger partial charge on any atom is -0.454 e. The van der Waals surface area contributed by atoms with E-state index in [2.05, 4.69) is 10.6 Å². The minimum atomic E-state index is -0.527. The van der Waals surface area contributed by atoms with E-state index in [4.69, 9.17) is 14.2 Å². The van der Waals surface area contributed by atoms with Gasteiger partial charge in [-0.25, -0.2) is 4.79 Å². The molecular weight excluding hydrogens is 336 g/mol. The van der Waals surface area contributed by atoms with Gasteiger partial charge in [-0.15, -0.1) is 0 Å². The molecule has 2 N–H and O–H groups in total. The first kappa shape index (κ1) is 17.6. The maximum absolute atomic E-state index is 12.4. The molecule has 1 atom stereocenters. The number of hydrogen-bond acceptors (Lipinski definition) is 5. The molecule has 2 aromatic rings. The molecule has 26 heavy (non-hydrogen) atoms. The Kier molecular flexibility index (Phi) is 5.26. The number of hydrogen-bond donors (Lipinski definition) is 2. The van der Waals surface area contributed by atoms with Crippen LogP contribution in [0.3, 0.4) is 0 Å². The zero-order valence-corrected chi connectivity index (χ0v) is 14.6. The van der Waals surface area contributed by atoms with E-state index in [-0.39, 0.29) is 18.7 Å². The quantitative estimate of drug-likeness (QED) is 0.857. The highest BCUT2D eigenvalue weighted by molar-refractivity contribution is 5.95. The van der Waals surface area contributed by atoms with Gasteiger partial charge in [-0.1, -0.05) is 6.07 Å². The second-order valence-corrected chi connectivity index (χ2v) is 5.73. The lowest BCUT2D eigenvalue weighted by Crippen LogP contribution is -2.26. The van der Waals surface area contributed by atoms with Crippen molar-refractivity contribution in [2.45, 2.75) is 19.9 Å². The van der Waals surface area contributed by atoms with Crippen LogP contribution >= 0.6 is 0 Å². The Hall–Kier alpha value is -3.22. The van der Waals surface area contributed by atoms with Crippen molar-refractivity contribution in [3.63, 3.8) is 0 Å². The lowest BCUT2D eigenvalue weighted by Gasteiger charge is -2.15. The Labute approximate surface area is 151 Å².